The molecule has 0 bridgehead atoms. The summed E-state index contributed by atoms with van der Waals surface area (Å²) in [7, 11) is 2.02. The van der Waals surface area contributed by atoms with Gasteiger partial charge in [-0.15, -0.1) is 0 Å². The summed E-state index contributed by atoms with van der Waals surface area (Å²) >= 11 is 5.79. The van der Waals surface area contributed by atoms with Crippen molar-refractivity contribution in [2.45, 2.75) is 12.5 Å². The number of hydrogen-bond donors (Lipinski definition) is 2. The van der Waals surface area contributed by atoms with E-state index in [2.05, 4.69) is 20.2 Å². The molecule has 3 rings (SSSR count). The number of carbonyl (C=O) groups is 1. The molecule has 2 aromatic rings. The number of amides is 1. The minimum absolute atomic E-state index is 0.0755. The van der Waals surface area contributed by atoms with E-state index in [0.717, 1.165) is 18.5 Å². The van der Waals surface area contributed by atoms with E-state index in [-0.39, 0.29) is 22.7 Å². The van der Waals surface area contributed by atoms with Gasteiger partial charge in [-0.25, -0.2) is 9.37 Å². The summed E-state index contributed by atoms with van der Waals surface area (Å²) in [6.45, 7) is 1.53. The summed E-state index contributed by atoms with van der Waals surface area (Å²) < 4.78 is 13.8. The normalized spacial score (nSPS) is 20.6. The predicted octanol–water partition coefficient (Wildman–Crippen LogP) is 2.47. The molecular formula is C17H19ClFN5O. The van der Waals surface area contributed by atoms with Crippen molar-refractivity contribution in [3.63, 3.8) is 0 Å². The second kappa shape index (κ2) is 7.33. The van der Waals surface area contributed by atoms with E-state index in [4.69, 9.17) is 17.3 Å². The maximum Gasteiger partial charge on any atom is 0.268 e. The van der Waals surface area contributed by atoms with Crippen LogP contribution in [0.4, 0.5) is 10.2 Å². The first-order chi connectivity index (χ1) is 12.0. The third-order valence-electron chi connectivity index (χ3n) is 4.49. The van der Waals surface area contributed by atoms with Crippen molar-refractivity contribution in [2.75, 3.05) is 25.5 Å². The Hall–Kier alpha value is -2.25. The fraction of sp³-hybridized carbons (Fsp3) is 0.353. The van der Waals surface area contributed by atoms with E-state index in [1.54, 1.807) is 12.3 Å². The molecule has 2 unspecified atom stereocenters. The molecule has 6 nitrogen and oxygen atoms in total. The summed E-state index contributed by atoms with van der Waals surface area (Å²) in [6, 6.07) is 5.02. The van der Waals surface area contributed by atoms with Crippen LogP contribution in [0, 0.1) is 11.7 Å². The van der Waals surface area contributed by atoms with Gasteiger partial charge in [0.1, 0.15) is 17.3 Å². The first-order valence-corrected chi connectivity index (χ1v) is 8.34. The molecule has 1 aromatic carbocycles. The molecule has 1 fully saturated rings. The lowest BCUT2D eigenvalue weighted by Gasteiger charge is -2.26. The van der Waals surface area contributed by atoms with Crippen molar-refractivity contribution in [3.8, 4) is 0 Å². The number of hydrogen-bond acceptors (Lipinski definition) is 5. The van der Waals surface area contributed by atoms with Crippen molar-refractivity contribution in [2.24, 2.45) is 11.7 Å². The summed E-state index contributed by atoms with van der Waals surface area (Å²) in [5.41, 5.74) is 6.23. The van der Waals surface area contributed by atoms with E-state index in [9.17, 15) is 9.18 Å². The number of halogens is 2. The van der Waals surface area contributed by atoms with Crippen LogP contribution in [0.25, 0.3) is 0 Å². The van der Waals surface area contributed by atoms with Crippen LogP contribution >= 0.6 is 11.6 Å². The Bertz CT molecular complexity index is 787. The zero-order chi connectivity index (χ0) is 18.0. The number of nitrogens with one attached hydrogen (secondary N) is 1. The first kappa shape index (κ1) is 17.6. The highest BCUT2D eigenvalue weighted by atomic mass is 35.5. The lowest BCUT2D eigenvalue weighted by Crippen LogP contribution is -2.25. The van der Waals surface area contributed by atoms with Gasteiger partial charge < -0.3 is 11.1 Å². The number of likely N-dealkylation sites (tertiary alicyclic amines) is 1. The summed E-state index contributed by atoms with van der Waals surface area (Å²) in [5, 5.41) is 3.32. The van der Waals surface area contributed by atoms with Crippen molar-refractivity contribution in [1.29, 1.82) is 0 Å². The van der Waals surface area contributed by atoms with Crippen LogP contribution in [0.15, 0.2) is 30.6 Å². The van der Waals surface area contributed by atoms with Gasteiger partial charge >= 0.3 is 0 Å². The summed E-state index contributed by atoms with van der Waals surface area (Å²) in [4.78, 5) is 21.5. The molecule has 0 aliphatic carbocycles. The molecular weight excluding hydrogens is 345 g/mol. The Morgan fingerprint density at radius 3 is 3.00 bits per heavy atom. The standard InChI is InChI=1S/C17H19ClFN5O/c1-24-5-4-11(16(24)10-2-3-12(18)13(19)6-10)7-22-15-9-21-8-14(23-15)17(20)25/h2-3,6,8-9,11,16H,4-5,7H2,1H3,(H2,20,25)(H,22,23). The van der Waals surface area contributed by atoms with Crippen LogP contribution in [0.5, 0.6) is 0 Å². The first-order valence-electron chi connectivity index (χ1n) is 7.96. The van der Waals surface area contributed by atoms with Crippen molar-refractivity contribution >= 4 is 23.3 Å². The molecule has 25 heavy (non-hydrogen) atoms. The minimum atomic E-state index is -0.619. The quantitative estimate of drug-likeness (QED) is 0.852. The molecule has 2 atom stereocenters. The minimum Gasteiger partial charge on any atom is -0.368 e. The molecule has 1 amide bonds. The van der Waals surface area contributed by atoms with Gasteiger partial charge in [0.25, 0.3) is 5.91 Å². The van der Waals surface area contributed by atoms with Crippen LogP contribution in [0.1, 0.15) is 28.5 Å². The number of nitrogens with zero attached hydrogens (tertiary/aromatic N) is 3. The van der Waals surface area contributed by atoms with Crippen molar-refractivity contribution in [1.82, 2.24) is 14.9 Å². The number of nitrogens with two attached hydrogens (primary N) is 1. The van der Waals surface area contributed by atoms with Crippen LogP contribution in [0.2, 0.25) is 5.02 Å². The highest BCUT2D eigenvalue weighted by molar-refractivity contribution is 6.30. The SMILES string of the molecule is CN1CCC(CNc2cncc(C(N)=O)n2)C1c1ccc(Cl)c(F)c1. The third-order valence-corrected chi connectivity index (χ3v) is 4.80. The van der Waals surface area contributed by atoms with Crippen LogP contribution in [-0.2, 0) is 0 Å². The molecule has 1 saturated heterocycles. The fourth-order valence-corrected chi connectivity index (χ4v) is 3.39. The van der Waals surface area contributed by atoms with Crippen LogP contribution in [0.3, 0.4) is 0 Å². The number of anilines is 1. The Balaban J connectivity index is 1.74. The molecule has 8 heteroatoms. The fourth-order valence-electron chi connectivity index (χ4n) is 3.27. The number of benzene rings is 1. The van der Waals surface area contributed by atoms with E-state index < -0.39 is 11.7 Å². The topological polar surface area (TPSA) is 84.1 Å². The highest BCUT2D eigenvalue weighted by Crippen LogP contribution is 2.37. The highest BCUT2D eigenvalue weighted by Gasteiger charge is 2.33. The second-order valence-corrected chi connectivity index (χ2v) is 6.59. The predicted molar refractivity (Wildman–Crippen MR) is 93.9 cm³/mol. The van der Waals surface area contributed by atoms with E-state index in [0.29, 0.717) is 12.4 Å². The Kier molecular flexibility index (Phi) is 5.15. The van der Waals surface area contributed by atoms with Gasteiger partial charge in [-0.1, -0.05) is 17.7 Å². The molecule has 3 N–H and O–H groups in total. The van der Waals surface area contributed by atoms with Crippen molar-refractivity contribution < 1.29 is 9.18 Å². The Morgan fingerprint density at radius 2 is 2.28 bits per heavy atom. The molecule has 0 spiro atoms. The van der Waals surface area contributed by atoms with Crippen LogP contribution < -0.4 is 11.1 Å². The second-order valence-electron chi connectivity index (χ2n) is 6.18. The van der Waals surface area contributed by atoms with Gasteiger partial charge in [-0.05, 0) is 43.6 Å². The van der Waals surface area contributed by atoms with Crippen LogP contribution in [-0.4, -0.2) is 40.9 Å². The lowest BCUT2D eigenvalue weighted by atomic mass is 9.93. The smallest absolute Gasteiger partial charge is 0.268 e. The zero-order valence-electron chi connectivity index (χ0n) is 13.7. The van der Waals surface area contributed by atoms with E-state index in [1.807, 2.05) is 13.1 Å². The zero-order valence-corrected chi connectivity index (χ0v) is 14.5. The van der Waals surface area contributed by atoms with Gasteiger partial charge in [0, 0.05) is 12.6 Å². The van der Waals surface area contributed by atoms with Gasteiger partial charge in [-0.2, -0.15) is 0 Å². The number of aromatic nitrogens is 2. The third kappa shape index (κ3) is 3.88. The van der Waals surface area contributed by atoms with Gasteiger partial charge in [-0.3, -0.25) is 14.7 Å². The van der Waals surface area contributed by atoms with Gasteiger partial charge in [0.05, 0.1) is 17.4 Å². The molecule has 1 aliphatic heterocycles. The van der Waals surface area contributed by atoms with E-state index >= 15 is 0 Å². The number of rotatable bonds is 5. The summed E-state index contributed by atoms with van der Waals surface area (Å²) in [6.07, 6.45) is 3.83. The Morgan fingerprint density at radius 1 is 1.48 bits per heavy atom. The van der Waals surface area contributed by atoms with E-state index in [1.165, 1.54) is 12.3 Å². The maximum atomic E-state index is 13.8. The monoisotopic (exact) mass is 363 g/mol. The number of carbonyl (C=O) groups excluding carboxylic acids is 1. The maximum absolute atomic E-state index is 13.8. The van der Waals surface area contributed by atoms with Crippen molar-refractivity contribution in [3.05, 3.63) is 52.7 Å². The molecule has 0 saturated carbocycles. The summed E-state index contributed by atoms with van der Waals surface area (Å²) in [5.74, 6) is -0.283. The average molecular weight is 364 g/mol. The number of primary amides is 1. The molecule has 0 radical (unpaired) electrons. The molecule has 2 heterocycles. The van der Waals surface area contributed by atoms with Gasteiger partial charge in [0.15, 0.2) is 0 Å². The molecule has 1 aromatic heterocycles. The molecule has 132 valence electrons. The Labute approximate surface area is 150 Å². The lowest BCUT2D eigenvalue weighted by molar-refractivity contribution is 0.0995. The molecule has 1 aliphatic rings. The largest absolute Gasteiger partial charge is 0.368 e. The van der Waals surface area contributed by atoms with Gasteiger partial charge in [0.2, 0.25) is 0 Å². The average Bonchev–Trinajstić information content (AvgIpc) is 2.96.